The summed E-state index contributed by atoms with van der Waals surface area (Å²) in [6.45, 7) is 4.16. The molecule has 0 radical (unpaired) electrons. The van der Waals surface area contributed by atoms with Gasteiger partial charge in [0.25, 0.3) is 5.91 Å². The Balaban J connectivity index is 1.42. The van der Waals surface area contributed by atoms with Crippen molar-refractivity contribution in [3.63, 3.8) is 0 Å². The smallest absolute Gasteiger partial charge is 0.251 e. The summed E-state index contributed by atoms with van der Waals surface area (Å²) in [5, 5.41) is 3.49. The monoisotopic (exact) mass is 478 g/mol. The van der Waals surface area contributed by atoms with Crippen LogP contribution in [0.3, 0.4) is 0 Å². The molecule has 0 fully saturated rings. The number of carbonyl (C=O) groups is 1. The fraction of sp³-hybridized carbons (Fsp3) is 0.154. The number of aromatic nitrogens is 1. The molecule has 3 aromatic carbocycles. The van der Waals surface area contributed by atoms with Crippen molar-refractivity contribution in [3.05, 3.63) is 106 Å². The molecule has 4 rings (SSSR count). The van der Waals surface area contributed by atoms with Crippen molar-refractivity contribution in [3.8, 4) is 11.5 Å². The van der Waals surface area contributed by atoms with Crippen LogP contribution in [0.5, 0.6) is 0 Å². The summed E-state index contributed by atoms with van der Waals surface area (Å²) >= 11 is 6.14. The number of hydrogen-bond acceptors (Lipinski definition) is 4. The number of benzene rings is 3. The van der Waals surface area contributed by atoms with E-state index in [0.717, 1.165) is 21.6 Å². The van der Waals surface area contributed by atoms with Gasteiger partial charge in [0.05, 0.1) is 22.2 Å². The summed E-state index contributed by atoms with van der Waals surface area (Å²) in [5.41, 5.74) is 3.90. The van der Waals surface area contributed by atoms with E-state index in [1.807, 2.05) is 56.3 Å². The van der Waals surface area contributed by atoms with E-state index in [1.54, 1.807) is 30.3 Å². The molecule has 0 saturated heterocycles. The quantitative estimate of drug-likeness (QED) is 0.361. The number of halogens is 1. The number of oxazole rings is 1. The Labute approximate surface area is 200 Å². The molecule has 5 nitrogen and oxygen atoms in total. The average Bonchev–Trinajstić information content (AvgIpc) is 3.19. The second kappa shape index (κ2) is 10.1. The lowest BCUT2D eigenvalue weighted by Crippen LogP contribution is -2.22. The van der Waals surface area contributed by atoms with E-state index in [4.69, 9.17) is 16.0 Å². The standard InChI is InChI=1S/C26H23ClN2O3S/c1-17-7-13-22(14-8-17)33(31)16-24-18(2)32-26(29-24)20-11-9-19(10-12-20)25(30)28-15-21-5-3-4-6-23(21)27/h3-14H,15-16H2,1-2H3,(H,28,30)/t33-/m0/s1. The fourth-order valence-electron chi connectivity index (χ4n) is 3.27. The van der Waals surface area contributed by atoms with Gasteiger partial charge in [-0.2, -0.15) is 0 Å². The minimum atomic E-state index is -1.21. The number of rotatable bonds is 7. The highest BCUT2D eigenvalue weighted by molar-refractivity contribution is 7.84. The Hall–Kier alpha value is -3.22. The van der Waals surface area contributed by atoms with E-state index in [0.29, 0.717) is 34.5 Å². The van der Waals surface area contributed by atoms with Crippen molar-refractivity contribution in [2.24, 2.45) is 0 Å². The van der Waals surface area contributed by atoms with Crippen LogP contribution in [0, 0.1) is 13.8 Å². The summed E-state index contributed by atoms with van der Waals surface area (Å²) in [6.07, 6.45) is 0. The van der Waals surface area contributed by atoms with Gasteiger partial charge in [0.2, 0.25) is 5.89 Å². The third-order valence-electron chi connectivity index (χ3n) is 5.24. The van der Waals surface area contributed by atoms with Gasteiger partial charge in [0.15, 0.2) is 0 Å². The van der Waals surface area contributed by atoms with Crippen LogP contribution in [0.15, 0.2) is 82.1 Å². The van der Waals surface area contributed by atoms with Crippen LogP contribution in [-0.4, -0.2) is 15.1 Å². The van der Waals surface area contributed by atoms with E-state index in [1.165, 1.54) is 0 Å². The van der Waals surface area contributed by atoms with Gasteiger partial charge >= 0.3 is 0 Å². The van der Waals surface area contributed by atoms with Crippen molar-refractivity contribution in [1.82, 2.24) is 10.3 Å². The van der Waals surface area contributed by atoms with E-state index >= 15 is 0 Å². The molecule has 0 spiro atoms. The third-order valence-corrected chi connectivity index (χ3v) is 6.94. The van der Waals surface area contributed by atoms with Gasteiger partial charge in [-0.25, -0.2) is 4.98 Å². The van der Waals surface area contributed by atoms with Crippen molar-refractivity contribution < 1.29 is 13.4 Å². The predicted octanol–water partition coefficient (Wildman–Crippen LogP) is 5.85. The highest BCUT2D eigenvalue weighted by Gasteiger charge is 2.16. The molecule has 1 N–H and O–H groups in total. The van der Waals surface area contributed by atoms with Crippen LogP contribution < -0.4 is 5.32 Å². The molecule has 1 heterocycles. The second-order valence-corrected chi connectivity index (χ2v) is 9.53. The van der Waals surface area contributed by atoms with Crippen LogP contribution in [0.2, 0.25) is 5.02 Å². The van der Waals surface area contributed by atoms with Crippen molar-refractivity contribution >= 4 is 28.3 Å². The molecule has 7 heteroatoms. The molecular weight excluding hydrogens is 456 g/mol. The molecular formula is C26H23ClN2O3S. The summed E-state index contributed by atoms with van der Waals surface area (Å²) in [7, 11) is -1.21. The largest absolute Gasteiger partial charge is 0.441 e. The predicted molar refractivity (Wildman–Crippen MR) is 131 cm³/mol. The number of nitrogens with zero attached hydrogens (tertiary/aromatic N) is 1. The number of aryl methyl sites for hydroxylation is 2. The molecule has 4 aromatic rings. The van der Waals surface area contributed by atoms with Gasteiger partial charge in [-0.15, -0.1) is 0 Å². The van der Waals surface area contributed by atoms with E-state index in [-0.39, 0.29) is 11.7 Å². The minimum Gasteiger partial charge on any atom is -0.441 e. The first-order valence-corrected chi connectivity index (χ1v) is 12.1. The van der Waals surface area contributed by atoms with Crippen molar-refractivity contribution in [1.29, 1.82) is 0 Å². The zero-order valence-corrected chi connectivity index (χ0v) is 19.9. The average molecular weight is 479 g/mol. The molecule has 0 aliphatic carbocycles. The summed E-state index contributed by atoms with van der Waals surface area (Å²) in [5.74, 6) is 1.15. The van der Waals surface area contributed by atoms with Gasteiger partial charge in [0, 0.05) is 27.6 Å². The Bertz CT molecular complexity index is 1300. The Morgan fingerprint density at radius 3 is 2.39 bits per heavy atom. The van der Waals surface area contributed by atoms with Crippen LogP contribution in [0.1, 0.15) is 32.9 Å². The molecule has 1 atom stereocenters. The Morgan fingerprint density at radius 2 is 1.70 bits per heavy atom. The van der Waals surface area contributed by atoms with E-state index in [9.17, 15) is 9.00 Å². The van der Waals surface area contributed by atoms with Crippen LogP contribution in [0.4, 0.5) is 0 Å². The maximum absolute atomic E-state index is 12.7. The van der Waals surface area contributed by atoms with E-state index < -0.39 is 10.8 Å². The number of nitrogens with one attached hydrogen (secondary N) is 1. The lowest BCUT2D eigenvalue weighted by molar-refractivity contribution is 0.0951. The third kappa shape index (κ3) is 5.59. The maximum Gasteiger partial charge on any atom is 0.251 e. The molecule has 0 aliphatic rings. The Kier molecular flexibility index (Phi) is 7.06. The highest BCUT2D eigenvalue weighted by Crippen LogP contribution is 2.24. The molecule has 1 aromatic heterocycles. The topological polar surface area (TPSA) is 72.2 Å². The molecule has 0 unspecified atom stereocenters. The number of amides is 1. The van der Waals surface area contributed by atoms with Crippen LogP contribution in [-0.2, 0) is 23.1 Å². The van der Waals surface area contributed by atoms with Gasteiger partial charge in [-0.1, -0.05) is 47.5 Å². The van der Waals surface area contributed by atoms with E-state index in [2.05, 4.69) is 10.3 Å². The minimum absolute atomic E-state index is 0.195. The van der Waals surface area contributed by atoms with Crippen LogP contribution >= 0.6 is 11.6 Å². The first-order chi connectivity index (χ1) is 15.9. The van der Waals surface area contributed by atoms with Crippen molar-refractivity contribution in [2.75, 3.05) is 0 Å². The van der Waals surface area contributed by atoms with Crippen molar-refractivity contribution in [2.45, 2.75) is 31.0 Å². The zero-order valence-electron chi connectivity index (χ0n) is 18.3. The SMILES string of the molecule is Cc1ccc([S@@](=O)Cc2nc(-c3ccc(C(=O)NCc4ccccc4Cl)cc3)oc2C)cc1. The van der Waals surface area contributed by atoms with Gasteiger partial charge < -0.3 is 9.73 Å². The highest BCUT2D eigenvalue weighted by atomic mass is 35.5. The lowest BCUT2D eigenvalue weighted by atomic mass is 10.1. The zero-order chi connectivity index (χ0) is 23.4. The first kappa shape index (κ1) is 23.0. The first-order valence-electron chi connectivity index (χ1n) is 10.4. The summed E-state index contributed by atoms with van der Waals surface area (Å²) in [6, 6.07) is 22.1. The normalized spacial score (nSPS) is 11.8. The van der Waals surface area contributed by atoms with Gasteiger partial charge in [-0.05, 0) is 61.9 Å². The fourth-order valence-corrected chi connectivity index (χ4v) is 4.59. The molecule has 0 aliphatic heterocycles. The number of carbonyl (C=O) groups excluding carboxylic acids is 1. The molecule has 168 valence electrons. The second-order valence-electron chi connectivity index (χ2n) is 7.68. The van der Waals surface area contributed by atoms with Gasteiger partial charge in [-0.3, -0.25) is 9.00 Å². The molecule has 1 amide bonds. The summed E-state index contributed by atoms with van der Waals surface area (Å²) in [4.78, 5) is 17.8. The molecule has 33 heavy (non-hydrogen) atoms. The van der Waals surface area contributed by atoms with Crippen LogP contribution in [0.25, 0.3) is 11.5 Å². The number of hydrogen-bond donors (Lipinski definition) is 1. The van der Waals surface area contributed by atoms with Gasteiger partial charge in [0.1, 0.15) is 5.76 Å². The maximum atomic E-state index is 12.7. The summed E-state index contributed by atoms with van der Waals surface area (Å²) < 4.78 is 18.5. The molecule has 0 bridgehead atoms. The Morgan fingerprint density at radius 1 is 1.00 bits per heavy atom. The molecule has 0 saturated carbocycles. The lowest BCUT2D eigenvalue weighted by Gasteiger charge is -2.07.